The molecule has 0 aromatic carbocycles. The zero-order chi connectivity index (χ0) is 15.6. The van der Waals surface area contributed by atoms with Crippen LogP contribution in [0.5, 0.6) is 0 Å². The third kappa shape index (κ3) is 3.38. The van der Waals surface area contributed by atoms with Crippen molar-refractivity contribution in [1.29, 1.82) is 0 Å². The van der Waals surface area contributed by atoms with Gasteiger partial charge in [0.25, 0.3) is 0 Å². The van der Waals surface area contributed by atoms with E-state index in [4.69, 9.17) is 4.52 Å². The number of likely N-dealkylation sites (N-methyl/N-ethyl adjacent to an activating group) is 1. The molecule has 6 heteroatoms. The van der Waals surface area contributed by atoms with Crippen molar-refractivity contribution in [3.8, 4) is 0 Å². The van der Waals surface area contributed by atoms with Gasteiger partial charge in [-0.1, -0.05) is 24.1 Å². The summed E-state index contributed by atoms with van der Waals surface area (Å²) >= 11 is 0. The molecule has 2 fully saturated rings. The summed E-state index contributed by atoms with van der Waals surface area (Å²) in [5.41, 5.74) is -0.448. The largest absolute Gasteiger partial charge is 0.340 e. The molecule has 0 radical (unpaired) electrons. The summed E-state index contributed by atoms with van der Waals surface area (Å²) in [6.07, 6.45) is 9.64. The van der Waals surface area contributed by atoms with Crippen LogP contribution in [0.2, 0.25) is 0 Å². The average Bonchev–Trinajstić information content (AvgIpc) is 3.00. The summed E-state index contributed by atoms with van der Waals surface area (Å²) in [5.74, 6) is 1.75. The highest BCUT2D eigenvalue weighted by molar-refractivity contribution is 5.88. The van der Waals surface area contributed by atoms with Gasteiger partial charge in [-0.3, -0.25) is 4.79 Å². The first-order chi connectivity index (χ1) is 10.6. The third-order valence-electron chi connectivity index (χ3n) is 4.36. The highest BCUT2D eigenvalue weighted by atomic mass is 16.5. The summed E-state index contributed by atoms with van der Waals surface area (Å²) in [5, 5.41) is 7.29. The normalized spacial score (nSPS) is 20.9. The Morgan fingerprint density at radius 3 is 2.77 bits per heavy atom. The van der Waals surface area contributed by atoms with Crippen molar-refractivity contribution < 1.29 is 9.32 Å². The zero-order valence-electron chi connectivity index (χ0n) is 13.3. The van der Waals surface area contributed by atoms with Gasteiger partial charge in [0.2, 0.25) is 11.8 Å². The fourth-order valence-electron chi connectivity index (χ4n) is 2.96. The van der Waals surface area contributed by atoms with Crippen LogP contribution in [-0.4, -0.2) is 41.6 Å². The van der Waals surface area contributed by atoms with Gasteiger partial charge in [0, 0.05) is 18.5 Å². The van der Waals surface area contributed by atoms with E-state index in [-0.39, 0.29) is 5.91 Å². The van der Waals surface area contributed by atoms with Crippen LogP contribution in [0.3, 0.4) is 0 Å². The number of nitrogens with zero attached hydrogens (tertiary/aromatic N) is 3. The van der Waals surface area contributed by atoms with Crippen LogP contribution in [-0.2, 0) is 10.3 Å². The van der Waals surface area contributed by atoms with Gasteiger partial charge < -0.3 is 14.7 Å². The highest BCUT2D eigenvalue weighted by Crippen LogP contribution is 2.42. The van der Waals surface area contributed by atoms with E-state index in [2.05, 4.69) is 15.5 Å². The molecule has 3 rings (SSSR count). The Hall–Kier alpha value is -1.69. The molecule has 1 aromatic rings. The molecule has 0 unspecified atom stereocenters. The Kier molecular flexibility index (Phi) is 4.29. The van der Waals surface area contributed by atoms with Gasteiger partial charge in [-0.2, -0.15) is 4.98 Å². The fourth-order valence-corrected chi connectivity index (χ4v) is 2.96. The van der Waals surface area contributed by atoms with Crippen LogP contribution < -0.4 is 5.32 Å². The minimum atomic E-state index is -0.448. The molecular weight excluding hydrogens is 280 g/mol. The molecule has 120 valence electrons. The summed E-state index contributed by atoms with van der Waals surface area (Å²) in [6.45, 7) is 0.745. The lowest BCUT2D eigenvalue weighted by Gasteiger charge is -2.26. The van der Waals surface area contributed by atoms with Crippen molar-refractivity contribution in [2.24, 2.45) is 0 Å². The smallest absolute Gasteiger partial charge is 0.244 e. The second kappa shape index (κ2) is 6.20. The monoisotopic (exact) mass is 304 g/mol. The predicted octanol–water partition coefficient (Wildman–Crippen LogP) is 1.95. The van der Waals surface area contributed by atoms with E-state index in [0.717, 1.165) is 51.0 Å². The highest BCUT2D eigenvalue weighted by Gasteiger charge is 2.42. The molecule has 22 heavy (non-hydrogen) atoms. The molecule has 1 N–H and O–H groups in total. The lowest BCUT2D eigenvalue weighted by molar-refractivity contribution is -0.118. The van der Waals surface area contributed by atoms with Crippen molar-refractivity contribution >= 4 is 5.91 Å². The summed E-state index contributed by atoms with van der Waals surface area (Å²) in [4.78, 5) is 18.8. The number of hydrogen-bond acceptors (Lipinski definition) is 5. The molecule has 0 spiro atoms. The van der Waals surface area contributed by atoms with Gasteiger partial charge in [-0.05, 0) is 39.8 Å². The SMILES string of the molecule is CN(C)C/C=C/C(=O)NC1(c2noc(C3CC3)n2)CCCC1. The maximum Gasteiger partial charge on any atom is 0.244 e. The lowest BCUT2D eigenvalue weighted by Crippen LogP contribution is -2.44. The van der Waals surface area contributed by atoms with Crippen LogP contribution in [0.4, 0.5) is 0 Å². The van der Waals surface area contributed by atoms with Crippen LogP contribution in [0.15, 0.2) is 16.7 Å². The van der Waals surface area contributed by atoms with E-state index in [0.29, 0.717) is 11.7 Å². The molecule has 0 atom stereocenters. The average molecular weight is 304 g/mol. The summed E-state index contributed by atoms with van der Waals surface area (Å²) in [7, 11) is 3.94. The molecule has 0 bridgehead atoms. The van der Waals surface area contributed by atoms with Gasteiger partial charge in [0.1, 0.15) is 5.54 Å². The molecule has 6 nitrogen and oxygen atoms in total. The van der Waals surface area contributed by atoms with E-state index in [9.17, 15) is 4.79 Å². The number of hydrogen-bond donors (Lipinski definition) is 1. The first-order valence-corrected chi connectivity index (χ1v) is 8.06. The van der Waals surface area contributed by atoms with Crippen molar-refractivity contribution in [1.82, 2.24) is 20.4 Å². The van der Waals surface area contributed by atoms with Crippen molar-refractivity contribution in [3.63, 3.8) is 0 Å². The molecule has 1 heterocycles. The van der Waals surface area contributed by atoms with Gasteiger partial charge in [0.05, 0.1) is 0 Å². The fraction of sp³-hybridized carbons (Fsp3) is 0.688. The Labute approximate surface area is 130 Å². The van der Waals surface area contributed by atoms with Gasteiger partial charge in [0.15, 0.2) is 5.82 Å². The first kappa shape index (κ1) is 15.2. The van der Waals surface area contributed by atoms with E-state index >= 15 is 0 Å². The van der Waals surface area contributed by atoms with Gasteiger partial charge in [-0.25, -0.2) is 0 Å². The Balaban J connectivity index is 1.70. The van der Waals surface area contributed by atoms with Crippen LogP contribution in [0, 0.1) is 0 Å². The minimum absolute atomic E-state index is 0.0819. The van der Waals surface area contributed by atoms with Crippen molar-refractivity contribution in [2.45, 2.75) is 50.0 Å². The number of carbonyl (C=O) groups excluding carboxylic acids is 1. The molecule has 0 saturated heterocycles. The van der Waals surface area contributed by atoms with Crippen molar-refractivity contribution in [3.05, 3.63) is 23.9 Å². The zero-order valence-corrected chi connectivity index (χ0v) is 13.3. The van der Waals surface area contributed by atoms with Gasteiger partial charge >= 0.3 is 0 Å². The predicted molar refractivity (Wildman–Crippen MR) is 82.3 cm³/mol. The molecule has 0 aliphatic heterocycles. The Morgan fingerprint density at radius 1 is 1.41 bits per heavy atom. The molecule has 2 saturated carbocycles. The molecule has 1 aromatic heterocycles. The Bertz CT molecular complexity index is 554. The van der Waals surface area contributed by atoms with E-state index < -0.39 is 5.54 Å². The van der Waals surface area contributed by atoms with Crippen LogP contribution in [0.25, 0.3) is 0 Å². The summed E-state index contributed by atoms with van der Waals surface area (Å²) in [6, 6.07) is 0. The molecule has 2 aliphatic carbocycles. The minimum Gasteiger partial charge on any atom is -0.340 e. The second-order valence-electron chi connectivity index (χ2n) is 6.67. The number of amides is 1. The number of aromatic nitrogens is 2. The molecule has 2 aliphatic rings. The summed E-state index contributed by atoms with van der Waals surface area (Å²) < 4.78 is 5.38. The topological polar surface area (TPSA) is 71.3 Å². The van der Waals surface area contributed by atoms with Crippen LogP contribution in [0.1, 0.15) is 56.2 Å². The maximum absolute atomic E-state index is 12.2. The number of rotatable bonds is 6. The van der Waals surface area contributed by atoms with E-state index in [1.807, 2.05) is 25.1 Å². The Morgan fingerprint density at radius 2 is 2.14 bits per heavy atom. The lowest BCUT2D eigenvalue weighted by atomic mass is 9.96. The van der Waals surface area contributed by atoms with Crippen molar-refractivity contribution in [2.75, 3.05) is 20.6 Å². The van der Waals surface area contributed by atoms with Crippen LogP contribution >= 0.6 is 0 Å². The number of nitrogens with one attached hydrogen (secondary N) is 1. The molecular formula is C16H24N4O2. The maximum atomic E-state index is 12.2. The van der Waals surface area contributed by atoms with Gasteiger partial charge in [-0.15, -0.1) is 0 Å². The first-order valence-electron chi connectivity index (χ1n) is 8.06. The van der Waals surface area contributed by atoms with E-state index in [1.165, 1.54) is 0 Å². The molecule has 1 amide bonds. The standard InChI is InChI=1S/C16H24N4O2/c1-20(2)11-5-6-13(21)18-16(9-3-4-10-16)15-17-14(22-19-15)12-7-8-12/h5-6,12H,3-4,7-11H2,1-2H3,(H,18,21)/b6-5+. The number of carbonyl (C=O) groups is 1. The third-order valence-corrected chi connectivity index (χ3v) is 4.36. The van der Waals surface area contributed by atoms with E-state index in [1.54, 1.807) is 6.08 Å². The second-order valence-corrected chi connectivity index (χ2v) is 6.67. The quantitative estimate of drug-likeness (QED) is 0.813.